The summed E-state index contributed by atoms with van der Waals surface area (Å²) in [4.78, 5) is 36.2. The largest absolute Gasteiger partial charge is 0.400 e. The van der Waals surface area contributed by atoms with Gasteiger partial charge in [0.25, 0.3) is 0 Å². The number of carbonyl (C=O) groups is 3. The first kappa shape index (κ1) is 35.3. The quantitative estimate of drug-likeness (QED) is 0.324. The van der Waals surface area contributed by atoms with E-state index in [9.17, 15) is 18.6 Å². The van der Waals surface area contributed by atoms with Crippen LogP contribution in [0.4, 0.5) is 0 Å². The van der Waals surface area contributed by atoms with Crippen molar-refractivity contribution >= 4 is 28.4 Å². The van der Waals surface area contributed by atoms with Gasteiger partial charge < -0.3 is 21.5 Å². The smallest absolute Gasteiger partial charge is 0.243 e. The minimum Gasteiger partial charge on any atom is -0.400 e. The van der Waals surface area contributed by atoms with E-state index in [1.165, 1.54) is 6.92 Å². The van der Waals surface area contributed by atoms with Crippen molar-refractivity contribution in [3.05, 3.63) is 0 Å². The van der Waals surface area contributed by atoms with Gasteiger partial charge in [-0.25, -0.2) is 0 Å². The van der Waals surface area contributed by atoms with Gasteiger partial charge in [-0.15, -0.1) is 0 Å². The molecule has 0 aromatic carbocycles. The summed E-state index contributed by atoms with van der Waals surface area (Å²) < 4.78 is 11.1. The summed E-state index contributed by atoms with van der Waals surface area (Å²) in [5.41, 5.74) is 5.78. The Morgan fingerprint density at radius 1 is 0.929 bits per heavy atom. The third-order valence-corrected chi connectivity index (χ3v) is 4.51. The van der Waals surface area contributed by atoms with Crippen molar-refractivity contribution in [2.75, 3.05) is 19.1 Å². The Balaban J connectivity index is -0.000000695. The Kier molecular flexibility index (Phi) is 23.8. The molecule has 0 aromatic rings. The predicted octanol–water partition coefficient (Wildman–Crippen LogP) is -0.444. The Morgan fingerprint density at radius 2 is 1.32 bits per heavy atom. The van der Waals surface area contributed by atoms with Gasteiger partial charge >= 0.3 is 0 Å². The van der Waals surface area contributed by atoms with Crippen LogP contribution < -0.4 is 16.4 Å². The summed E-state index contributed by atoms with van der Waals surface area (Å²) in [6, 6.07) is -2.19. The normalized spacial score (nSPS) is 14.2. The monoisotopic (exact) mass is 495 g/mol. The third kappa shape index (κ3) is 14.8. The Hall–Kier alpha value is -0.151. The summed E-state index contributed by atoms with van der Waals surface area (Å²) in [6.45, 7) is 8.71. The van der Waals surface area contributed by atoms with Crippen LogP contribution in [0.15, 0.2) is 0 Å². The van der Waals surface area contributed by atoms with Gasteiger partial charge in [-0.05, 0) is 25.2 Å². The van der Waals surface area contributed by atoms with Crippen molar-refractivity contribution in [3.8, 4) is 0 Å². The third-order valence-electron chi connectivity index (χ3n) is 3.70. The number of carbonyl (C=O) groups excluding carboxylic acids is 3. The molecule has 0 aromatic heterocycles. The van der Waals surface area contributed by atoms with Gasteiger partial charge in [0.15, 0.2) is 5.78 Å². The molecule has 11 heteroatoms. The van der Waals surface area contributed by atoms with Crippen LogP contribution in [0.3, 0.4) is 0 Å². The van der Waals surface area contributed by atoms with Gasteiger partial charge in [0.1, 0.15) is 6.04 Å². The fourth-order valence-electron chi connectivity index (χ4n) is 2.20. The summed E-state index contributed by atoms with van der Waals surface area (Å²) >= 11 is 0. The van der Waals surface area contributed by atoms with Crippen LogP contribution in [0.5, 0.6) is 0 Å². The molecule has 8 nitrogen and oxygen atoms in total. The molecule has 0 saturated heterocycles. The molecule has 28 heavy (non-hydrogen) atoms. The summed E-state index contributed by atoms with van der Waals surface area (Å²) in [6.07, 6.45) is 1.83. The summed E-state index contributed by atoms with van der Waals surface area (Å²) in [7, 11) is -0.0281. The van der Waals surface area contributed by atoms with E-state index >= 15 is 0 Å². The van der Waals surface area contributed by atoms with E-state index in [2.05, 4.69) is 10.6 Å². The van der Waals surface area contributed by atoms with Crippen LogP contribution in [0, 0.1) is 11.8 Å². The van der Waals surface area contributed by atoms with Crippen LogP contribution in [0.25, 0.3) is 0 Å². The zero-order valence-electron chi connectivity index (χ0n) is 17.8. The molecule has 0 aliphatic carbocycles. The van der Waals surface area contributed by atoms with Gasteiger partial charge in [-0.3, -0.25) is 18.6 Å². The van der Waals surface area contributed by atoms with E-state index in [1.807, 2.05) is 13.8 Å². The topological polar surface area (TPSA) is 139 Å². The number of aliphatic hydroxyl groups is 1. The van der Waals surface area contributed by atoms with E-state index in [-0.39, 0.29) is 61.2 Å². The second kappa shape index (κ2) is 18.9. The van der Waals surface area contributed by atoms with E-state index in [1.54, 1.807) is 20.1 Å². The van der Waals surface area contributed by atoms with Crippen LogP contribution >= 0.6 is 0 Å². The van der Waals surface area contributed by atoms with Crippen LogP contribution in [0.1, 0.15) is 41.0 Å². The number of Topliss-reactive ketones (excluding diaryl/α,β-unsaturated/α-hetero) is 1. The number of nitrogens with two attached hydrogens (primary N) is 1. The Labute approximate surface area is 195 Å². The van der Waals surface area contributed by atoms with Crippen molar-refractivity contribution in [3.63, 3.8) is 0 Å². The molecule has 0 spiro atoms. The average molecular weight is 495 g/mol. The number of aliphatic hydroxyl groups excluding tert-OH is 1. The number of hydrogen-bond acceptors (Lipinski definition) is 6. The fraction of sp³-hybridized carbons (Fsp3) is 0.824. The second-order valence-corrected chi connectivity index (χ2v) is 8.30. The fourth-order valence-corrected chi connectivity index (χ4v) is 2.79. The van der Waals surface area contributed by atoms with Crippen LogP contribution in [0.2, 0.25) is 0 Å². The minimum absolute atomic E-state index is 0. The molecule has 4 atom stereocenters. The zero-order valence-corrected chi connectivity index (χ0v) is 21.4. The maximum absolute atomic E-state index is 12.5. The predicted molar refractivity (Wildman–Crippen MR) is 104 cm³/mol. The van der Waals surface area contributed by atoms with Crippen molar-refractivity contribution in [2.24, 2.45) is 17.6 Å². The van der Waals surface area contributed by atoms with Gasteiger partial charge in [-0.2, -0.15) is 0 Å². The van der Waals surface area contributed by atoms with Gasteiger partial charge in [0.05, 0.1) is 12.1 Å². The molecule has 0 rings (SSSR count). The van der Waals surface area contributed by atoms with Gasteiger partial charge in [0.2, 0.25) is 11.8 Å². The number of nitrogens with one attached hydrogen (secondary N) is 2. The number of rotatable bonds is 10. The molecule has 4 unspecified atom stereocenters. The van der Waals surface area contributed by atoms with Crippen LogP contribution in [-0.4, -0.2) is 64.2 Å². The molecule has 2 radical (unpaired) electrons. The van der Waals surface area contributed by atoms with Crippen molar-refractivity contribution < 1.29 is 60.8 Å². The molecule has 0 bridgehead atoms. The SMILES string of the molecule is CC(=O)C(NC(=O)C(NC(=O)C(N)CCS(C)=O)C(C)C)C(C)C.CO.[V].[V]. The number of hydrogen-bond donors (Lipinski definition) is 4. The molecule has 0 aliphatic rings. The molecule has 2 amide bonds. The van der Waals surface area contributed by atoms with E-state index in [0.29, 0.717) is 5.75 Å². The van der Waals surface area contributed by atoms with E-state index in [4.69, 9.17) is 10.8 Å². The standard InChI is InChI=1S/C16H31N3O4S.CH4O.2V/c1-9(2)13(11(5)20)18-16(22)14(10(3)4)19-15(21)12(17)7-8-24(6)23;1-2;;/h9-10,12-14H,7-8,17H2,1-6H3,(H,18,22)(H,19,21);2H,1H3;;. The maximum atomic E-state index is 12.5. The van der Waals surface area contributed by atoms with Crippen molar-refractivity contribution in [1.29, 1.82) is 0 Å². The minimum atomic E-state index is -1.03. The van der Waals surface area contributed by atoms with Crippen molar-refractivity contribution in [1.82, 2.24) is 10.6 Å². The second-order valence-electron chi connectivity index (χ2n) is 6.74. The molecule has 0 saturated carbocycles. The summed E-state index contributed by atoms with van der Waals surface area (Å²) in [5.74, 6) is -0.878. The van der Waals surface area contributed by atoms with E-state index < -0.39 is 40.7 Å². The molecule has 5 N–H and O–H groups in total. The first-order chi connectivity index (χ1) is 12.0. The van der Waals surface area contributed by atoms with Gasteiger partial charge in [0, 0.05) is 67.0 Å². The van der Waals surface area contributed by atoms with Gasteiger partial charge in [-0.1, -0.05) is 27.7 Å². The molecule has 164 valence electrons. The Bertz CT molecular complexity index is 493. The molecular formula is C17H35N3O5SV2. The number of ketones is 1. The Morgan fingerprint density at radius 3 is 1.64 bits per heavy atom. The molecule has 0 aliphatic heterocycles. The maximum Gasteiger partial charge on any atom is 0.243 e. The van der Waals surface area contributed by atoms with E-state index in [0.717, 1.165) is 7.11 Å². The average Bonchev–Trinajstić information content (AvgIpc) is 2.55. The molecule has 0 fully saturated rings. The number of amides is 2. The zero-order chi connectivity index (χ0) is 21.0. The molecule has 0 heterocycles. The molecular weight excluding hydrogens is 460 g/mol. The first-order valence-corrected chi connectivity index (χ1v) is 10.3. The van der Waals surface area contributed by atoms with Crippen LogP contribution in [-0.2, 0) is 62.3 Å². The summed E-state index contributed by atoms with van der Waals surface area (Å²) in [5, 5.41) is 12.3. The first-order valence-electron chi connectivity index (χ1n) is 8.58. The van der Waals surface area contributed by atoms with Crippen molar-refractivity contribution in [2.45, 2.75) is 59.2 Å².